The Labute approximate surface area is 175 Å². The highest BCUT2D eigenvalue weighted by Gasteiger charge is 2.44. The molecule has 1 fully saturated rings. The maximum Gasteiger partial charge on any atom is 0.325 e. The Morgan fingerprint density at radius 1 is 1.23 bits per heavy atom. The van der Waals surface area contributed by atoms with Crippen molar-refractivity contribution in [3.05, 3.63) is 29.3 Å². The number of urea groups is 1. The number of aryl methyl sites for hydroxylation is 2. The van der Waals surface area contributed by atoms with E-state index >= 15 is 0 Å². The van der Waals surface area contributed by atoms with Crippen molar-refractivity contribution in [2.45, 2.75) is 50.7 Å². The molecule has 3 N–H and O–H groups in total. The van der Waals surface area contributed by atoms with Crippen molar-refractivity contribution >= 4 is 27.9 Å². The van der Waals surface area contributed by atoms with Crippen molar-refractivity contribution in [3.8, 4) is 0 Å². The lowest BCUT2D eigenvalue weighted by Crippen LogP contribution is -2.44. The molecule has 2 rings (SSSR count). The predicted octanol–water partition coefficient (Wildman–Crippen LogP) is 0.206. The van der Waals surface area contributed by atoms with Gasteiger partial charge in [-0.25, -0.2) is 13.2 Å². The molecule has 0 radical (unpaired) electrons. The molecule has 1 aliphatic heterocycles. The van der Waals surface area contributed by atoms with E-state index in [2.05, 4.69) is 5.32 Å². The van der Waals surface area contributed by atoms with Crippen LogP contribution < -0.4 is 10.6 Å². The minimum atomic E-state index is -4.07. The third kappa shape index (κ3) is 5.77. The third-order valence-electron chi connectivity index (χ3n) is 4.72. The number of amides is 3. The van der Waals surface area contributed by atoms with Crippen LogP contribution in [0.2, 0.25) is 0 Å². The van der Waals surface area contributed by atoms with Gasteiger partial charge in [0.2, 0.25) is 10.0 Å². The first-order valence-corrected chi connectivity index (χ1v) is 11.0. The summed E-state index contributed by atoms with van der Waals surface area (Å²) in [6.07, 6.45) is -0.509. The summed E-state index contributed by atoms with van der Waals surface area (Å²) in [5.41, 5.74) is 1.69. The first-order chi connectivity index (χ1) is 14.1. The van der Waals surface area contributed by atoms with Gasteiger partial charge in [-0.3, -0.25) is 14.9 Å². The van der Waals surface area contributed by atoms with Crippen LogP contribution in [0.25, 0.3) is 0 Å². The standard InChI is InChI=1S/C19H27N3O7S/c1-4-7-20-19(26)21-17(24)11-29-18(25)16-9-14(23)10-22(16)30(27,28)15-6-5-12(2)13(3)8-15/h5-6,8,14,16,23H,4,7,9-11H2,1-3H3,(H2,20,21,24,26). The number of aliphatic hydroxyl groups excluding tert-OH is 1. The monoisotopic (exact) mass is 441 g/mol. The lowest BCUT2D eigenvalue weighted by Gasteiger charge is -2.22. The number of carbonyl (C=O) groups excluding carboxylic acids is 3. The van der Waals surface area contributed by atoms with E-state index in [-0.39, 0.29) is 17.9 Å². The van der Waals surface area contributed by atoms with Crippen LogP contribution in [0, 0.1) is 13.8 Å². The van der Waals surface area contributed by atoms with Gasteiger partial charge in [0.1, 0.15) is 6.04 Å². The van der Waals surface area contributed by atoms with Gasteiger partial charge in [-0.1, -0.05) is 13.0 Å². The maximum absolute atomic E-state index is 13.0. The highest BCUT2D eigenvalue weighted by Crippen LogP contribution is 2.28. The molecule has 30 heavy (non-hydrogen) atoms. The average molecular weight is 442 g/mol. The number of ether oxygens (including phenoxy) is 1. The smallest absolute Gasteiger partial charge is 0.325 e. The van der Waals surface area contributed by atoms with Gasteiger partial charge in [0.05, 0.1) is 11.0 Å². The van der Waals surface area contributed by atoms with Gasteiger partial charge >= 0.3 is 12.0 Å². The van der Waals surface area contributed by atoms with E-state index in [1.807, 2.05) is 19.2 Å². The van der Waals surface area contributed by atoms with Crippen molar-refractivity contribution in [3.63, 3.8) is 0 Å². The molecule has 0 spiro atoms. The van der Waals surface area contributed by atoms with Crippen LogP contribution in [-0.2, 0) is 24.3 Å². The minimum Gasteiger partial charge on any atom is -0.454 e. The SMILES string of the molecule is CCCNC(=O)NC(=O)COC(=O)C1CC(O)CN1S(=O)(=O)c1ccc(C)c(C)c1. The Bertz CT molecular complexity index is 917. The van der Waals surface area contributed by atoms with Crippen LogP contribution in [0.15, 0.2) is 23.1 Å². The van der Waals surface area contributed by atoms with Crippen molar-refractivity contribution in [1.29, 1.82) is 0 Å². The third-order valence-corrected chi connectivity index (χ3v) is 6.60. The quantitative estimate of drug-likeness (QED) is 0.513. The summed E-state index contributed by atoms with van der Waals surface area (Å²) in [5.74, 6) is -1.82. The van der Waals surface area contributed by atoms with Gasteiger partial charge in [-0.05, 0) is 43.5 Å². The van der Waals surface area contributed by atoms with Crippen LogP contribution in [0.4, 0.5) is 4.79 Å². The number of benzene rings is 1. The molecule has 11 heteroatoms. The first-order valence-electron chi connectivity index (χ1n) is 9.57. The molecule has 166 valence electrons. The van der Waals surface area contributed by atoms with Crippen molar-refractivity contribution < 1.29 is 32.6 Å². The van der Waals surface area contributed by atoms with Crippen LogP contribution in [-0.4, -0.2) is 67.6 Å². The summed E-state index contributed by atoms with van der Waals surface area (Å²) >= 11 is 0. The number of aliphatic hydroxyl groups is 1. The number of hydrogen-bond acceptors (Lipinski definition) is 7. The molecule has 1 saturated heterocycles. The second-order valence-electron chi connectivity index (χ2n) is 7.14. The predicted molar refractivity (Wildman–Crippen MR) is 107 cm³/mol. The molecule has 0 bridgehead atoms. The Morgan fingerprint density at radius 3 is 2.57 bits per heavy atom. The van der Waals surface area contributed by atoms with Crippen LogP contribution in [0.3, 0.4) is 0 Å². The van der Waals surface area contributed by atoms with E-state index in [4.69, 9.17) is 4.74 Å². The maximum atomic E-state index is 13.0. The van der Waals surface area contributed by atoms with Gasteiger partial charge in [0.15, 0.2) is 6.61 Å². The highest BCUT2D eigenvalue weighted by atomic mass is 32.2. The molecule has 1 aromatic rings. The summed E-state index contributed by atoms with van der Waals surface area (Å²) in [4.78, 5) is 35.6. The van der Waals surface area contributed by atoms with Crippen molar-refractivity contribution in [2.24, 2.45) is 0 Å². The Morgan fingerprint density at radius 2 is 1.93 bits per heavy atom. The van der Waals surface area contributed by atoms with Gasteiger partial charge in [-0.15, -0.1) is 0 Å². The zero-order chi connectivity index (χ0) is 22.5. The summed E-state index contributed by atoms with van der Waals surface area (Å²) in [7, 11) is -4.07. The first kappa shape index (κ1) is 23.8. The van der Waals surface area contributed by atoms with E-state index in [0.717, 1.165) is 15.4 Å². The lowest BCUT2D eigenvalue weighted by atomic mass is 10.1. The molecular weight excluding hydrogens is 414 g/mol. The molecule has 3 amide bonds. The molecular formula is C19H27N3O7S. The fourth-order valence-corrected chi connectivity index (χ4v) is 4.66. The second-order valence-corrected chi connectivity index (χ2v) is 9.03. The average Bonchev–Trinajstić information content (AvgIpc) is 3.09. The second kappa shape index (κ2) is 10.0. The highest BCUT2D eigenvalue weighted by molar-refractivity contribution is 7.89. The molecule has 2 unspecified atom stereocenters. The Kier molecular flexibility index (Phi) is 7.93. The number of carbonyl (C=O) groups is 3. The number of rotatable bonds is 7. The lowest BCUT2D eigenvalue weighted by molar-refractivity contribution is -0.151. The number of esters is 1. The minimum absolute atomic E-state index is 0.00263. The number of sulfonamides is 1. The summed E-state index contributed by atoms with van der Waals surface area (Å²) in [6, 6.07) is 2.62. The van der Waals surface area contributed by atoms with Crippen LogP contribution in [0.1, 0.15) is 30.9 Å². The van der Waals surface area contributed by atoms with Crippen molar-refractivity contribution in [2.75, 3.05) is 19.7 Å². The van der Waals surface area contributed by atoms with E-state index in [1.54, 1.807) is 13.0 Å². The summed E-state index contributed by atoms with van der Waals surface area (Å²) in [6.45, 7) is 4.83. The van der Waals surface area contributed by atoms with Gasteiger partial charge in [0.25, 0.3) is 5.91 Å². The van der Waals surface area contributed by atoms with E-state index in [0.29, 0.717) is 13.0 Å². The van der Waals surface area contributed by atoms with E-state index in [1.165, 1.54) is 12.1 Å². The number of β-amino-alcohol motifs (C(OH)–C–C–N with tert-alkyl or cyclic N) is 1. The number of nitrogens with zero attached hydrogens (tertiary/aromatic N) is 1. The number of hydrogen-bond donors (Lipinski definition) is 3. The largest absolute Gasteiger partial charge is 0.454 e. The Hall–Kier alpha value is -2.50. The summed E-state index contributed by atoms with van der Waals surface area (Å²) < 4.78 is 31.8. The topological polar surface area (TPSA) is 142 Å². The fourth-order valence-electron chi connectivity index (χ4n) is 2.95. The number of imide groups is 1. The van der Waals surface area contributed by atoms with Crippen LogP contribution in [0.5, 0.6) is 0 Å². The zero-order valence-electron chi connectivity index (χ0n) is 17.2. The van der Waals surface area contributed by atoms with Gasteiger partial charge in [0, 0.05) is 19.5 Å². The number of nitrogens with one attached hydrogen (secondary N) is 2. The molecule has 0 aromatic heterocycles. The van der Waals surface area contributed by atoms with Gasteiger partial charge in [-0.2, -0.15) is 4.31 Å². The Balaban J connectivity index is 2.06. The van der Waals surface area contributed by atoms with Gasteiger partial charge < -0.3 is 15.2 Å². The van der Waals surface area contributed by atoms with Crippen molar-refractivity contribution in [1.82, 2.24) is 14.9 Å². The molecule has 0 aliphatic carbocycles. The van der Waals surface area contributed by atoms with E-state index < -0.39 is 46.7 Å². The zero-order valence-corrected chi connectivity index (χ0v) is 18.0. The molecule has 1 heterocycles. The molecule has 1 aliphatic rings. The molecule has 2 atom stereocenters. The summed E-state index contributed by atoms with van der Waals surface area (Å²) in [5, 5.41) is 14.4. The molecule has 0 saturated carbocycles. The normalized spacial score (nSPS) is 19.3. The molecule has 10 nitrogen and oxygen atoms in total. The van der Waals surface area contributed by atoms with Crippen LogP contribution >= 0.6 is 0 Å². The molecule has 1 aromatic carbocycles. The van der Waals surface area contributed by atoms with E-state index in [9.17, 15) is 27.9 Å². The fraction of sp³-hybridized carbons (Fsp3) is 0.526.